The van der Waals surface area contributed by atoms with Gasteiger partial charge in [0.25, 0.3) is 0 Å². The van der Waals surface area contributed by atoms with Crippen molar-refractivity contribution in [3.05, 3.63) is 47.5 Å². The minimum atomic E-state index is -1.22. The summed E-state index contributed by atoms with van der Waals surface area (Å²) in [5, 5.41) is 3.30. The summed E-state index contributed by atoms with van der Waals surface area (Å²) in [5.74, 6) is -2.41. The molecule has 0 spiro atoms. The van der Waals surface area contributed by atoms with Crippen LogP contribution in [0, 0.1) is 17.5 Å². The predicted octanol–water partition coefficient (Wildman–Crippen LogP) is 4.81. The lowest BCUT2D eigenvalue weighted by atomic mass is 10.1. The number of furan rings is 1. The molecule has 2 aromatic rings. The Balaban J connectivity index is 2.31. The molecule has 0 saturated heterocycles. The standard InChI is InChI=1S/C16H18F3NO/c1-3-7-20-13(4-2)15-6-5-14(21-15)11-8-10(17)9-12(18)16(11)19/h5-6,8-9,13,20H,3-4,7H2,1-2H3. The fourth-order valence-corrected chi connectivity index (χ4v) is 2.18. The molecule has 21 heavy (non-hydrogen) atoms. The van der Waals surface area contributed by atoms with Crippen LogP contribution in [-0.2, 0) is 0 Å². The second-order valence-corrected chi connectivity index (χ2v) is 4.87. The summed E-state index contributed by atoms with van der Waals surface area (Å²) in [7, 11) is 0. The largest absolute Gasteiger partial charge is 0.459 e. The van der Waals surface area contributed by atoms with Gasteiger partial charge in [0.1, 0.15) is 17.3 Å². The first-order valence-corrected chi connectivity index (χ1v) is 7.04. The normalized spacial score (nSPS) is 12.6. The maximum Gasteiger partial charge on any atom is 0.169 e. The van der Waals surface area contributed by atoms with Gasteiger partial charge in [-0.25, -0.2) is 13.2 Å². The summed E-state index contributed by atoms with van der Waals surface area (Å²) in [4.78, 5) is 0. The number of hydrogen-bond acceptors (Lipinski definition) is 2. The molecule has 1 unspecified atom stereocenters. The second-order valence-electron chi connectivity index (χ2n) is 4.87. The van der Waals surface area contributed by atoms with Crippen molar-refractivity contribution >= 4 is 0 Å². The highest BCUT2D eigenvalue weighted by molar-refractivity contribution is 5.58. The molecule has 0 bridgehead atoms. The molecule has 0 aliphatic heterocycles. The Labute approximate surface area is 122 Å². The van der Waals surface area contributed by atoms with Crippen LogP contribution in [0.25, 0.3) is 11.3 Å². The summed E-state index contributed by atoms with van der Waals surface area (Å²) in [6.45, 7) is 4.88. The van der Waals surface area contributed by atoms with Gasteiger partial charge in [-0.1, -0.05) is 13.8 Å². The first-order valence-electron chi connectivity index (χ1n) is 7.04. The molecule has 0 fully saturated rings. The summed E-state index contributed by atoms with van der Waals surface area (Å²) in [5.41, 5.74) is -0.205. The fourth-order valence-electron chi connectivity index (χ4n) is 2.18. The quantitative estimate of drug-likeness (QED) is 0.774. The number of nitrogens with one attached hydrogen (secondary N) is 1. The van der Waals surface area contributed by atoms with Gasteiger partial charge in [0, 0.05) is 6.07 Å². The maximum absolute atomic E-state index is 13.7. The molecule has 114 valence electrons. The molecule has 1 heterocycles. The Kier molecular flexibility index (Phi) is 5.07. The van der Waals surface area contributed by atoms with Crippen LogP contribution in [0.2, 0.25) is 0 Å². The lowest BCUT2D eigenvalue weighted by molar-refractivity contribution is 0.408. The molecule has 0 aliphatic rings. The van der Waals surface area contributed by atoms with E-state index in [-0.39, 0.29) is 17.4 Å². The van der Waals surface area contributed by atoms with Crippen molar-refractivity contribution < 1.29 is 17.6 Å². The first kappa shape index (κ1) is 15.6. The number of hydrogen-bond donors (Lipinski definition) is 1. The molecule has 1 aromatic carbocycles. The van der Waals surface area contributed by atoms with Gasteiger partial charge in [0.2, 0.25) is 0 Å². The summed E-state index contributed by atoms with van der Waals surface area (Å²) < 4.78 is 45.8. The zero-order valence-corrected chi connectivity index (χ0v) is 12.1. The molecule has 0 radical (unpaired) electrons. The molecule has 1 atom stereocenters. The van der Waals surface area contributed by atoms with Crippen LogP contribution in [-0.4, -0.2) is 6.54 Å². The van der Waals surface area contributed by atoms with Gasteiger partial charge in [0.15, 0.2) is 11.6 Å². The lowest BCUT2D eigenvalue weighted by Crippen LogP contribution is -2.20. The highest BCUT2D eigenvalue weighted by Gasteiger charge is 2.18. The highest BCUT2D eigenvalue weighted by Crippen LogP contribution is 2.30. The van der Waals surface area contributed by atoms with Crippen molar-refractivity contribution in [2.24, 2.45) is 0 Å². The van der Waals surface area contributed by atoms with Gasteiger partial charge in [-0.2, -0.15) is 0 Å². The third kappa shape index (κ3) is 3.47. The van der Waals surface area contributed by atoms with E-state index < -0.39 is 17.5 Å². The van der Waals surface area contributed by atoms with E-state index in [1.807, 2.05) is 6.92 Å². The number of benzene rings is 1. The Morgan fingerprint density at radius 1 is 1.14 bits per heavy atom. The van der Waals surface area contributed by atoms with Crippen molar-refractivity contribution in [3.63, 3.8) is 0 Å². The van der Waals surface area contributed by atoms with E-state index in [4.69, 9.17) is 4.42 Å². The van der Waals surface area contributed by atoms with Crippen LogP contribution in [0.4, 0.5) is 13.2 Å². The zero-order valence-electron chi connectivity index (χ0n) is 12.1. The SMILES string of the molecule is CCCNC(CC)c1ccc(-c2cc(F)cc(F)c2F)o1. The topological polar surface area (TPSA) is 25.2 Å². The lowest BCUT2D eigenvalue weighted by Gasteiger charge is -2.13. The summed E-state index contributed by atoms with van der Waals surface area (Å²) >= 11 is 0. The molecule has 2 rings (SSSR count). The van der Waals surface area contributed by atoms with Crippen LogP contribution >= 0.6 is 0 Å². The molecular weight excluding hydrogens is 279 g/mol. The van der Waals surface area contributed by atoms with E-state index in [9.17, 15) is 13.2 Å². The van der Waals surface area contributed by atoms with Gasteiger partial charge in [0.05, 0.1) is 11.6 Å². The summed E-state index contributed by atoms with van der Waals surface area (Å²) in [6, 6.07) is 4.68. The van der Waals surface area contributed by atoms with Crippen LogP contribution < -0.4 is 5.32 Å². The average Bonchev–Trinajstić information content (AvgIpc) is 2.93. The van der Waals surface area contributed by atoms with Crippen molar-refractivity contribution in [3.8, 4) is 11.3 Å². The molecule has 5 heteroatoms. The number of rotatable bonds is 6. The van der Waals surface area contributed by atoms with Crippen LogP contribution in [0.15, 0.2) is 28.7 Å². The van der Waals surface area contributed by atoms with Gasteiger partial charge in [-0.3, -0.25) is 0 Å². The molecule has 0 amide bonds. The molecule has 0 aliphatic carbocycles. The van der Waals surface area contributed by atoms with Crippen LogP contribution in [0.5, 0.6) is 0 Å². The minimum absolute atomic E-state index is 0.000155. The maximum atomic E-state index is 13.7. The van der Waals surface area contributed by atoms with Crippen LogP contribution in [0.3, 0.4) is 0 Å². The highest BCUT2D eigenvalue weighted by atomic mass is 19.2. The van der Waals surface area contributed by atoms with Crippen molar-refractivity contribution in [1.29, 1.82) is 0 Å². The van der Waals surface area contributed by atoms with Gasteiger partial charge in [-0.15, -0.1) is 0 Å². The Bertz CT molecular complexity index is 610. The van der Waals surface area contributed by atoms with E-state index in [0.29, 0.717) is 11.8 Å². The molecular formula is C16H18F3NO. The van der Waals surface area contributed by atoms with Crippen molar-refractivity contribution in [2.75, 3.05) is 6.54 Å². The third-order valence-corrected chi connectivity index (χ3v) is 3.28. The fraction of sp³-hybridized carbons (Fsp3) is 0.375. The van der Waals surface area contributed by atoms with E-state index in [2.05, 4.69) is 12.2 Å². The molecule has 1 N–H and O–H groups in total. The predicted molar refractivity (Wildman–Crippen MR) is 75.3 cm³/mol. The molecule has 2 nitrogen and oxygen atoms in total. The molecule has 1 aromatic heterocycles. The zero-order chi connectivity index (χ0) is 15.4. The molecule has 0 saturated carbocycles. The van der Waals surface area contributed by atoms with E-state index >= 15 is 0 Å². The van der Waals surface area contributed by atoms with Crippen molar-refractivity contribution in [1.82, 2.24) is 5.32 Å². The van der Waals surface area contributed by atoms with E-state index in [0.717, 1.165) is 25.5 Å². The Morgan fingerprint density at radius 3 is 2.57 bits per heavy atom. The Hall–Kier alpha value is -1.75. The van der Waals surface area contributed by atoms with Gasteiger partial charge >= 0.3 is 0 Å². The first-order chi connectivity index (χ1) is 10.1. The van der Waals surface area contributed by atoms with Gasteiger partial charge in [-0.05, 0) is 37.6 Å². The van der Waals surface area contributed by atoms with Crippen LogP contribution in [0.1, 0.15) is 38.5 Å². The smallest absolute Gasteiger partial charge is 0.169 e. The summed E-state index contributed by atoms with van der Waals surface area (Å²) in [6.07, 6.45) is 1.78. The van der Waals surface area contributed by atoms with E-state index in [1.165, 1.54) is 6.07 Å². The Morgan fingerprint density at radius 2 is 1.90 bits per heavy atom. The monoisotopic (exact) mass is 297 g/mol. The average molecular weight is 297 g/mol. The second kappa shape index (κ2) is 6.80. The van der Waals surface area contributed by atoms with E-state index in [1.54, 1.807) is 6.07 Å². The minimum Gasteiger partial charge on any atom is -0.459 e. The third-order valence-electron chi connectivity index (χ3n) is 3.28. The number of halogens is 3. The van der Waals surface area contributed by atoms with Gasteiger partial charge < -0.3 is 9.73 Å². The van der Waals surface area contributed by atoms with Crippen molar-refractivity contribution in [2.45, 2.75) is 32.7 Å².